The first-order valence-corrected chi connectivity index (χ1v) is 18.0. The highest BCUT2D eigenvalue weighted by molar-refractivity contribution is 6.07. The van der Waals surface area contributed by atoms with Gasteiger partial charge in [0.15, 0.2) is 5.58 Å². The minimum atomic E-state index is 0.190. The van der Waals surface area contributed by atoms with Gasteiger partial charge in [0.25, 0.3) is 0 Å². The summed E-state index contributed by atoms with van der Waals surface area (Å²) in [6.45, 7) is 2.60. The molecule has 0 saturated carbocycles. The molecule has 9 nitrogen and oxygen atoms in total. The maximum absolute atomic E-state index is 6.31. The van der Waals surface area contributed by atoms with Crippen LogP contribution in [-0.4, -0.2) is 49.3 Å². The van der Waals surface area contributed by atoms with Crippen molar-refractivity contribution in [2.45, 2.75) is 18.6 Å². The summed E-state index contributed by atoms with van der Waals surface area (Å²) < 4.78 is 40.8. The summed E-state index contributed by atoms with van der Waals surface area (Å²) in [7, 11) is 0. The van der Waals surface area contributed by atoms with Crippen molar-refractivity contribution < 1.29 is 32.8 Å². The van der Waals surface area contributed by atoms with Gasteiger partial charge in [-0.1, -0.05) is 42.5 Å². The molecule has 0 bridgehead atoms. The predicted octanol–water partition coefficient (Wildman–Crippen LogP) is 9.98. The minimum absolute atomic E-state index is 0.190. The van der Waals surface area contributed by atoms with E-state index in [1.807, 2.05) is 103 Å². The summed E-state index contributed by atoms with van der Waals surface area (Å²) in [5.41, 5.74) is 8.61. The number of nitrogens with zero attached hydrogens (tertiary/aromatic N) is 2. The lowest BCUT2D eigenvalue weighted by molar-refractivity contribution is 0.262. The summed E-state index contributed by atoms with van der Waals surface area (Å²) in [5.74, 6) is 4.83. The van der Waals surface area contributed by atoms with Crippen molar-refractivity contribution in [2.24, 2.45) is 4.99 Å². The Morgan fingerprint density at radius 3 is 1.76 bits per heavy atom. The van der Waals surface area contributed by atoms with E-state index in [1.165, 1.54) is 5.56 Å². The Morgan fingerprint density at radius 2 is 1.09 bits per heavy atom. The van der Waals surface area contributed by atoms with Crippen molar-refractivity contribution in [2.75, 3.05) is 26.4 Å². The Labute approximate surface area is 311 Å². The fourth-order valence-corrected chi connectivity index (χ4v) is 6.44. The highest BCUT2D eigenvalue weighted by Crippen LogP contribution is 2.36. The first-order valence-electron chi connectivity index (χ1n) is 18.0. The van der Waals surface area contributed by atoms with Crippen LogP contribution in [0.3, 0.4) is 0 Å². The zero-order chi connectivity index (χ0) is 35.8. The average molecular weight is 715 g/mol. The molecule has 266 valence electrons. The van der Waals surface area contributed by atoms with Gasteiger partial charge in [0.1, 0.15) is 65.4 Å². The molecule has 0 amide bonds. The maximum atomic E-state index is 6.31. The van der Waals surface area contributed by atoms with Crippen LogP contribution in [0.2, 0.25) is 0 Å². The second kappa shape index (κ2) is 13.9. The van der Waals surface area contributed by atoms with Crippen molar-refractivity contribution in [1.82, 2.24) is 4.98 Å². The quantitative estimate of drug-likeness (QED) is 0.109. The van der Waals surface area contributed by atoms with Gasteiger partial charge in [0, 0.05) is 24.1 Å². The molecule has 2 fully saturated rings. The minimum Gasteiger partial charge on any atom is -0.491 e. The highest BCUT2D eigenvalue weighted by atomic mass is 16.6. The molecule has 2 saturated heterocycles. The summed E-state index contributed by atoms with van der Waals surface area (Å²) in [4.78, 5) is 9.78. The van der Waals surface area contributed by atoms with Gasteiger partial charge in [-0.05, 0) is 101 Å². The molecule has 4 heterocycles. The average Bonchev–Trinajstić information content (AvgIpc) is 4.13. The van der Waals surface area contributed by atoms with Crippen LogP contribution in [0.25, 0.3) is 33.7 Å². The van der Waals surface area contributed by atoms with Gasteiger partial charge >= 0.3 is 0 Å². The Hall–Kier alpha value is -6.42. The van der Waals surface area contributed by atoms with Gasteiger partial charge in [-0.15, -0.1) is 0 Å². The summed E-state index contributed by atoms with van der Waals surface area (Å²) >= 11 is 0. The van der Waals surface area contributed by atoms with E-state index < -0.39 is 0 Å². The molecule has 0 radical (unpaired) electrons. The number of aliphatic imine (C=N–C) groups is 1. The molecule has 9 heteroatoms. The molecule has 0 N–H and O–H groups in total. The van der Waals surface area contributed by atoms with Crippen LogP contribution in [0.5, 0.6) is 34.5 Å². The van der Waals surface area contributed by atoms with Gasteiger partial charge < -0.3 is 32.8 Å². The zero-order valence-electron chi connectivity index (χ0n) is 29.1. The van der Waals surface area contributed by atoms with Gasteiger partial charge in [-0.25, -0.2) is 4.98 Å². The molecule has 3 aliphatic heterocycles. The standard InChI is InChI=1S/C45H34N2O7/c1-5-30(18-35(9-1)52-37-11-3-7-33(22-37)48-24-39-26-50-39)43-20-32-17-28(13-15-41(32)46-43)29-14-16-42-44(21-29)54-45(47-42)31-6-2-10-36(19-31)53-38-12-4-8-34(23-38)49-25-40-27-51-40/h1-19,21-23,39-40H,20,24-27H2. The van der Waals surface area contributed by atoms with Crippen molar-refractivity contribution in [3.63, 3.8) is 0 Å². The highest BCUT2D eigenvalue weighted by Gasteiger charge is 2.24. The van der Waals surface area contributed by atoms with Crippen LogP contribution in [0.1, 0.15) is 11.1 Å². The lowest BCUT2D eigenvalue weighted by Gasteiger charge is -2.10. The number of hydrogen-bond acceptors (Lipinski definition) is 9. The van der Waals surface area contributed by atoms with E-state index >= 15 is 0 Å². The largest absolute Gasteiger partial charge is 0.491 e. The number of ether oxygens (including phenoxy) is 6. The van der Waals surface area contributed by atoms with Crippen LogP contribution in [-0.2, 0) is 15.9 Å². The molecule has 0 aliphatic carbocycles. The Morgan fingerprint density at radius 1 is 0.537 bits per heavy atom. The molecule has 1 aromatic heterocycles. The Kier molecular flexibility index (Phi) is 8.27. The van der Waals surface area contributed by atoms with Crippen molar-refractivity contribution in [1.29, 1.82) is 0 Å². The molecule has 2 atom stereocenters. The third-order valence-corrected chi connectivity index (χ3v) is 9.42. The number of rotatable bonds is 13. The SMILES string of the molecule is c1cc(OCC2CO2)cc(Oc2cccc(C3=Nc4ccc(-c5ccc6nc(-c7cccc(Oc8cccc(OCC9CO9)c8)c7)oc6c5)cc4C3)c2)c1. The molecule has 6 aromatic carbocycles. The second-order valence-electron chi connectivity index (χ2n) is 13.5. The molecule has 2 unspecified atom stereocenters. The maximum Gasteiger partial charge on any atom is 0.227 e. The number of fused-ring (bicyclic) bond motifs is 2. The molecule has 3 aliphatic rings. The van der Waals surface area contributed by atoms with E-state index in [4.69, 9.17) is 42.8 Å². The fraction of sp³-hybridized carbons (Fsp3) is 0.156. The van der Waals surface area contributed by atoms with E-state index in [2.05, 4.69) is 30.3 Å². The molecule has 54 heavy (non-hydrogen) atoms. The lowest BCUT2D eigenvalue weighted by Crippen LogP contribution is -2.03. The van der Waals surface area contributed by atoms with Crippen molar-refractivity contribution in [3.8, 4) is 57.1 Å². The van der Waals surface area contributed by atoms with E-state index in [9.17, 15) is 0 Å². The fourth-order valence-electron chi connectivity index (χ4n) is 6.44. The van der Waals surface area contributed by atoms with E-state index in [1.54, 1.807) is 0 Å². The van der Waals surface area contributed by atoms with Crippen LogP contribution >= 0.6 is 0 Å². The molecule has 7 aromatic rings. The van der Waals surface area contributed by atoms with Crippen LogP contribution in [0.4, 0.5) is 5.69 Å². The number of hydrogen-bond donors (Lipinski definition) is 0. The van der Waals surface area contributed by atoms with Crippen molar-refractivity contribution in [3.05, 3.63) is 145 Å². The number of aromatic nitrogens is 1. The number of oxazole rings is 1. The van der Waals surface area contributed by atoms with Gasteiger partial charge in [-0.2, -0.15) is 0 Å². The normalized spacial score (nSPS) is 16.8. The van der Waals surface area contributed by atoms with Crippen LogP contribution in [0.15, 0.2) is 143 Å². The monoisotopic (exact) mass is 714 g/mol. The molecular weight excluding hydrogens is 681 g/mol. The molecular formula is C45H34N2O7. The first-order chi connectivity index (χ1) is 26.6. The third kappa shape index (κ3) is 7.28. The number of epoxide rings is 2. The van der Waals surface area contributed by atoms with E-state index in [0.717, 1.165) is 76.1 Å². The van der Waals surface area contributed by atoms with Gasteiger partial charge in [0.05, 0.1) is 24.6 Å². The first kappa shape index (κ1) is 32.2. The predicted molar refractivity (Wildman–Crippen MR) is 205 cm³/mol. The zero-order valence-corrected chi connectivity index (χ0v) is 29.1. The van der Waals surface area contributed by atoms with Gasteiger partial charge in [0.2, 0.25) is 5.89 Å². The van der Waals surface area contributed by atoms with Gasteiger partial charge in [-0.3, -0.25) is 4.99 Å². The van der Waals surface area contributed by atoms with E-state index in [-0.39, 0.29) is 12.2 Å². The molecule has 0 spiro atoms. The summed E-state index contributed by atoms with van der Waals surface area (Å²) in [6, 6.07) is 43.6. The van der Waals surface area contributed by atoms with Crippen LogP contribution in [0, 0.1) is 0 Å². The topological polar surface area (TPSA) is 100 Å². The smallest absolute Gasteiger partial charge is 0.227 e. The number of benzene rings is 6. The molecule has 10 rings (SSSR count). The second-order valence-corrected chi connectivity index (χ2v) is 13.5. The Balaban J connectivity index is 0.820. The van der Waals surface area contributed by atoms with E-state index in [0.29, 0.717) is 41.9 Å². The lowest BCUT2D eigenvalue weighted by atomic mass is 9.99. The van der Waals surface area contributed by atoms with Crippen molar-refractivity contribution >= 4 is 22.5 Å². The Bertz CT molecular complexity index is 2530. The third-order valence-electron chi connectivity index (χ3n) is 9.42. The summed E-state index contributed by atoms with van der Waals surface area (Å²) in [5, 5.41) is 0. The van der Waals surface area contributed by atoms with Crippen LogP contribution < -0.4 is 18.9 Å². The summed E-state index contributed by atoms with van der Waals surface area (Å²) in [6.07, 6.45) is 1.11.